The number of methoxy groups -OCH3 is 1. The first-order valence-electron chi connectivity index (χ1n) is 12.4. The lowest BCUT2D eigenvalue weighted by Crippen LogP contribution is -2.18. The summed E-state index contributed by atoms with van der Waals surface area (Å²) < 4.78 is 13.4. The number of para-hydroxylation sites is 1. The number of rotatable bonds is 7. The molecule has 1 amide bonds. The lowest BCUT2D eigenvalue weighted by Gasteiger charge is -2.24. The SMILES string of the molecule is COc1ccc(-c2nc(-c3cc(OC(=O)Nc4ccccc4)c(C)n3CC3CCCCC3)cs2)cc1. The predicted molar refractivity (Wildman–Crippen MR) is 145 cm³/mol. The maximum Gasteiger partial charge on any atom is 0.417 e. The van der Waals surface area contributed by atoms with Crippen LogP contribution in [0.15, 0.2) is 66.0 Å². The summed E-state index contributed by atoms with van der Waals surface area (Å²) in [5, 5.41) is 5.84. The van der Waals surface area contributed by atoms with Gasteiger partial charge in [-0.3, -0.25) is 5.32 Å². The molecular formula is C29H31N3O3S. The summed E-state index contributed by atoms with van der Waals surface area (Å²) in [7, 11) is 1.67. The van der Waals surface area contributed by atoms with E-state index in [0.29, 0.717) is 17.4 Å². The van der Waals surface area contributed by atoms with E-state index in [0.717, 1.165) is 39.9 Å². The summed E-state index contributed by atoms with van der Waals surface area (Å²) in [6.45, 7) is 2.93. The zero-order chi connectivity index (χ0) is 24.9. The molecule has 1 aliphatic rings. The molecule has 0 aliphatic heterocycles. The van der Waals surface area contributed by atoms with Gasteiger partial charge in [-0.2, -0.15) is 0 Å². The van der Waals surface area contributed by atoms with Crippen molar-refractivity contribution in [2.45, 2.75) is 45.6 Å². The summed E-state index contributed by atoms with van der Waals surface area (Å²) in [4.78, 5) is 17.6. The van der Waals surface area contributed by atoms with Crippen molar-refractivity contribution in [1.82, 2.24) is 9.55 Å². The maximum atomic E-state index is 12.7. The fraction of sp³-hybridized carbons (Fsp3) is 0.310. The van der Waals surface area contributed by atoms with Crippen LogP contribution in [0.5, 0.6) is 11.5 Å². The molecule has 4 aromatic rings. The molecule has 2 heterocycles. The molecule has 0 saturated heterocycles. The Morgan fingerprint density at radius 1 is 1.08 bits per heavy atom. The number of aromatic nitrogens is 2. The van der Waals surface area contributed by atoms with Gasteiger partial charge in [-0.05, 0) is 62.1 Å². The van der Waals surface area contributed by atoms with Crippen molar-refractivity contribution in [3.05, 3.63) is 71.7 Å². The molecule has 186 valence electrons. The highest BCUT2D eigenvalue weighted by Gasteiger charge is 2.22. The third-order valence-electron chi connectivity index (χ3n) is 6.81. The largest absolute Gasteiger partial charge is 0.497 e. The molecule has 1 saturated carbocycles. The van der Waals surface area contributed by atoms with Crippen LogP contribution in [0, 0.1) is 12.8 Å². The van der Waals surface area contributed by atoms with Gasteiger partial charge in [0.15, 0.2) is 5.75 Å². The number of anilines is 1. The molecule has 5 rings (SSSR count). The Labute approximate surface area is 215 Å². The summed E-state index contributed by atoms with van der Waals surface area (Å²) in [6.07, 6.45) is 5.84. The van der Waals surface area contributed by atoms with Gasteiger partial charge in [0.25, 0.3) is 0 Å². The molecule has 0 atom stereocenters. The van der Waals surface area contributed by atoms with E-state index in [1.165, 1.54) is 32.1 Å². The molecule has 0 unspecified atom stereocenters. The van der Waals surface area contributed by atoms with Crippen molar-refractivity contribution in [3.8, 4) is 33.5 Å². The van der Waals surface area contributed by atoms with Crippen LogP contribution >= 0.6 is 11.3 Å². The second kappa shape index (κ2) is 11.0. The molecule has 0 radical (unpaired) electrons. The number of carbonyl (C=O) groups excluding carboxylic acids is 1. The van der Waals surface area contributed by atoms with Gasteiger partial charge in [-0.1, -0.05) is 37.5 Å². The van der Waals surface area contributed by atoms with Gasteiger partial charge in [0.05, 0.1) is 24.2 Å². The smallest absolute Gasteiger partial charge is 0.417 e. The van der Waals surface area contributed by atoms with Crippen LogP contribution in [0.4, 0.5) is 10.5 Å². The second-order valence-electron chi connectivity index (χ2n) is 9.24. The van der Waals surface area contributed by atoms with Gasteiger partial charge < -0.3 is 14.0 Å². The predicted octanol–water partition coefficient (Wildman–Crippen LogP) is 7.79. The van der Waals surface area contributed by atoms with E-state index >= 15 is 0 Å². The van der Waals surface area contributed by atoms with Gasteiger partial charge in [0.2, 0.25) is 0 Å². The second-order valence-corrected chi connectivity index (χ2v) is 10.1. The number of hydrogen-bond acceptors (Lipinski definition) is 5. The number of nitrogens with zero attached hydrogens (tertiary/aromatic N) is 2. The molecular weight excluding hydrogens is 470 g/mol. The third-order valence-corrected chi connectivity index (χ3v) is 7.70. The van der Waals surface area contributed by atoms with E-state index in [-0.39, 0.29) is 0 Å². The Bertz CT molecular complexity index is 1310. The van der Waals surface area contributed by atoms with Gasteiger partial charge in [0.1, 0.15) is 10.8 Å². The Morgan fingerprint density at radius 2 is 1.83 bits per heavy atom. The minimum atomic E-state index is -0.497. The normalized spacial score (nSPS) is 13.9. The molecule has 1 aliphatic carbocycles. The molecule has 2 aromatic carbocycles. The van der Waals surface area contributed by atoms with Crippen molar-refractivity contribution < 1.29 is 14.3 Å². The van der Waals surface area contributed by atoms with Crippen molar-refractivity contribution in [2.24, 2.45) is 5.92 Å². The Morgan fingerprint density at radius 3 is 2.56 bits per heavy atom. The number of nitrogens with one attached hydrogen (secondary N) is 1. The number of benzene rings is 2. The van der Waals surface area contributed by atoms with E-state index in [1.54, 1.807) is 18.4 Å². The van der Waals surface area contributed by atoms with Gasteiger partial charge >= 0.3 is 6.09 Å². The molecule has 0 spiro atoms. The Kier molecular flexibility index (Phi) is 7.37. The molecule has 7 heteroatoms. The van der Waals surface area contributed by atoms with E-state index in [4.69, 9.17) is 14.5 Å². The highest BCUT2D eigenvalue weighted by molar-refractivity contribution is 7.13. The van der Waals surface area contributed by atoms with Crippen molar-refractivity contribution >= 4 is 23.1 Å². The van der Waals surface area contributed by atoms with Crippen molar-refractivity contribution in [3.63, 3.8) is 0 Å². The van der Waals surface area contributed by atoms with Crippen LogP contribution in [-0.2, 0) is 6.54 Å². The zero-order valence-corrected chi connectivity index (χ0v) is 21.5. The van der Waals surface area contributed by atoms with Crippen LogP contribution < -0.4 is 14.8 Å². The summed E-state index contributed by atoms with van der Waals surface area (Å²) in [5.41, 5.74) is 4.57. The average molecular weight is 502 g/mol. The number of carbonyl (C=O) groups is 1. The van der Waals surface area contributed by atoms with Gasteiger partial charge in [-0.25, -0.2) is 9.78 Å². The molecule has 36 heavy (non-hydrogen) atoms. The number of ether oxygens (including phenoxy) is 2. The van der Waals surface area contributed by atoms with Crippen LogP contribution in [-0.4, -0.2) is 22.8 Å². The lowest BCUT2D eigenvalue weighted by atomic mass is 9.89. The van der Waals surface area contributed by atoms with E-state index in [1.807, 2.05) is 67.6 Å². The van der Waals surface area contributed by atoms with Crippen molar-refractivity contribution in [2.75, 3.05) is 12.4 Å². The zero-order valence-electron chi connectivity index (χ0n) is 20.7. The minimum Gasteiger partial charge on any atom is -0.497 e. The highest BCUT2D eigenvalue weighted by atomic mass is 32.1. The fourth-order valence-electron chi connectivity index (χ4n) is 4.82. The third kappa shape index (κ3) is 5.46. The first kappa shape index (κ1) is 24.1. The molecule has 1 fully saturated rings. The Balaban J connectivity index is 1.43. The van der Waals surface area contributed by atoms with E-state index < -0.39 is 6.09 Å². The van der Waals surface area contributed by atoms with Crippen LogP contribution in [0.1, 0.15) is 37.8 Å². The number of hydrogen-bond donors (Lipinski definition) is 1. The van der Waals surface area contributed by atoms with E-state index in [9.17, 15) is 4.79 Å². The van der Waals surface area contributed by atoms with Gasteiger partial charge in [-0.15, -0.1) is 11.3 Å². The first-order chi connectivity index (χ1) is 17.6. The number of thiazole rings is 1. The van der Waals surface area contributed by atoms with E-state index in [2.05, 4.69) is 15.3 Å². The topological polar surface area (TPSA) is 65.4 Å². The molecule has 2 aromatic heterocycles. The summed E-state index contributed by atoms with van der Waals surface area (Å²) >= 11 is 1.61. The standard InChI is InChI=1S/C29H31N3O3S/c1-20-27(35-29(33)30-23-11-7-4-8-12-23)17-26(32(20)18-21-9-5-3-6-10-21)25-19-36-28(31-25)22-13-15-24(34-2)16-14-22/h4,7-8,11-17,19,21H,3,5-6,9-10,18H2,1-2H3,(H,30,33). The van der Waals surface area contributed by atoms with Crippen LogP contribution in [0.25, 0.3) is 22.0 Å². The molecule has 1 N–H and O–H groups in total. The molecule has 0 bridgehead atoms. The lowest BCUT2D eigenvalue weighted by molar-refractivity contribution is 0.214. The highest BCUT2D eigenvalue weighted by Crippen LogP contribution is 2.36. The van der Waals surface area contributed by atoms with Gasteiger partial charge in [0, 0.05) is 29.2 Å². The molecule has 6 nitrogen and oxygen atoms in total. The monoisotopic (exact) mass is 501 g/mol. The first-order valence-corrected chi connectivity index (χ1v) is 13.3. The minimum absolute atomic E-state index is 0.497. The quantitative estimate of drug-likeness (QED) is 0.281. The maximum absolute atomic E-state index is 12.7. The van der Waals surface area contributed by atoms with Crippen LogP contribution in [0.3, 0.4) is 0 Å². The van der Waals surface area contributed by atoms with Crippen LogP contribution in [0.2, 0.25) is 0 Å². The van der Waals surface area contributed by atoms with Crippen molar-refractivity contribution in [1.29, 1.82) is 0 Å². The fourth-order valence-corrected chi connectivity index (χ4v) is 5.64. The number of amides is 1. The summed E-state index contributed by atoms with van der Waals surface area (Å²) in [6, 6.07) is 19.2. The summed E-state index contributed by atoms with van der Waals surface area (Å²) in [5.74, 6) is 2.01. The Hall–Kier alpha value is -3.58. The average Bonchev–Trinajstić information content (AvgIpc) is 3.51.